The lowest BCUT2D eigenvalue weighted by Crippen LogP contribution is -2.67. The number of fused-ring (bicyclic) bond motifs is 1. The first kappa shape index (κ1) is 26.3. The second-order valence-electron chi connectivity index (χ2n) is 11.0. The van der Waals surface area contributed by atoms with Crippen LogP contribution in [0.1, 0.15) is 43.0 Å². The predicted molar refractivity (Wildman–Crippen MR) is 138 cm³/mol. The fourth-order valence-electron chi connectivity index (χ4n) is 6.06. The lowest BCUT2D eigenvalue weighted by Gasteiger charge is -2.46. The third kappa shape index (κ3) is 5.04. The van der Waals surface area contributed by atoms with Crippen molar-refractivity contribution in [3.05, 3.63) is 70.8 Å². The number of amides is 3. The van der Waals surface area contributed by atoms with Crippen LogP contribution in [0.15, 0.2) is 42.5 Å². The molecule has 3 atom stereocenters. The molecule has 7 nitrogen and oxygen atoms in total. The lowest BCUT2D eigenvalue weighted by atomic mass is 9.87. The average Bonchev–Trinajstić information content (AvgIpc) is 3.33. The average molecular weight is 525 g/mol. The molecule has 1 aliphatic carbocycles. The number of piperazine rings is 2. The largest absolute Gasteiger partial charge is 0.342 e. The Hall–Kier alpha value is -3.33. The van der Waals surface area contributed by atoms with Gasteiger partial charge in [-0.3, -0.25) is 14.4 Å². The minimum absolute atomic E-state index is 0.0290. The van der Waals surface area contributed by atoms with Crippen molar-refractivity contribution < 1.29 is 23.2 Å². The van der Waals surface area contributed by atoms with Gasteiger partial charge in [-0.15, -0.1) is 0 Å². The lowest BCUT2D eigenvalue weighted by molar-refractivity contribution is -0.160. The van der Waals surface area contributed by atoms with E-state index in [4.69, 9.17) is 0 Å². The van der Waals surface area contributed by atoms with Crippen LogP contribution < -0.4 is 10.6 Å². The summed E-state index contributed by atoms with van der Waals surface area (Å²) in [6.07, 6.45) is 1.55. The van der Waals surface area contributed by atoms with Crippen molar-refractivity contribution in [3.63, 3.8) is 0 Å². The van der Waals surface area contributed by atoms with E-state index < -0.39 is 41.6 Å². The third-order valence-electron chi connectivity index (χ3n) is 7.90. The second-order valence-corrected chi connectivity index (χ2v) is 11.0. The van der Waals surface area contributed by atoms with Crippen LogP contribution in [0.4, 0.5) is 8.78 Å². The van der Waals surface area contributed by atoms with E-state index in [1.54, 1.807) is 4.90 Å². The van der Waals surface area contributed by atoms with Gasteiger partial charge in [0.1, 0.15) is 29.8 Å². The molecule has 3 amide bonds. The van der Waals surface area contributed by atoms with E-state index in [-0.39, 0.29) is 23.3 Å². The molecule has 0 bridgehead atoms. The highest BCUT2D eigenvalue weighted by molar-refractivity contribution is 6.00. The van der Waals surface area contributed by atoms with Gasteiger partial charge < -0.3 is 20.4 Å². The first-order chi connectivity index (χ1) is 18.2. The van der Waals surface area contributed by atoms with E-state index >= 15 is 4.39 Å². The third-order valence-corrected chi connectivity index (χ3v) is 7.90. The van der Waals surface area contributed by atoms with Gasteiger partial charge in [-0.05, 0) is 48.3 Å². The summed E-state index contributed by atoms with van der Waals surface area (Å²) in [6, 6.07) is 7.81. The van der Waals surface area contributed by atoms with Crippen molar-refractivity contribution in [2.45, 2.75) is 51.2 Å². The zero-order valence-electron chi connectivity index (χ0n) is 21.8. The number of hydrogen-bond donors (Lipinski definition) is 2. The number of nitrogens with one attached hydrogen (secondary N) is 2. The monoisotopic (exact) mass is 524 g/mol. The molecule has 38 heavy (non-hydrogen) atoms. The number of carbonyl (C=O) groups is 3. The molecule has 2 aromatic carbocycles. The van der Waals surface area contributed by atoms with Gasteiger partial charge in [0.05, 0.1) is 0 Å². The Morgan fingerprint density at radius 1 is 1.03 bits per heavy atom. The van der Waals surface area contributed by atoms with Gasteiger partial charge in [-0.25, -0.2) is 8.78 Å². The van der Waals surface area contributed by atoms with Gasteiger partial charge in [0, 0.05) is 37.8 Å². The molecule has 2 aromatic rings. The topological polar surface area (TPSA) is 81.8 Å². The smallest absolute Gasteiger partial charge is 0.250 e. The Bertz CT molecular complexity index is 1210. The molecule has 2 fully saturated rings. The molecular weight excluding hydrogens is 490 g/mol. The number of carbonyl (C=O) groups excluding carboxylic acids is 3. The summed E-state index contributed by atoms with van der Waals surface area (Å²) in [4.78, 5) is 44.9. The van der Waals surface area contributed by atoms with E-state index in [2.05, 4.69) is 10.6 Å². The normalized spacial score (nSPS) is 23.0. The summed E-state index contributed by atoms with van der Waals surface area (Å²) < 4.78 is 29.2. The molecule has 2 aliphatic heterocycles. The summed E-state index contributed by atoms with van der Waals surface area (Å²) >= 11 is 0. The van der Waals surface area contributed by atoms with Crippen molar-refractivity contribution in [2.24, 2.45) is 11.8 Å². The van der Waals surface area contributed by atoms with Crippen LogP contribution in [0.3, 0.4) is 0 Å². The van der Waals surface area contributed by atoms with Gasteiger partial charge in [0.15, 0.2) is 0 Å². The Balaban J connectivity index is 1.57. The highest BCUT2D eigenvalue weighted by Gasteiger charge is 2.50. The molecule has 202 valence electrons. The maximum absolute atomic E-state index is 15.3. The maximum Gasteiger partial charge on any atom is 0.250 e. The number of benzene rings is 2. The fourth-order valence-corrected chi connectivity index (χ4v) is 6.06. The SMILES string of the molecule is CC(C)CC1C(=O)NC(C2Cc3ccccc3C2)C(=O)N1C(C(=O)N1CCNCC1)c1ccc(F)cc1F. The predicted octanol–water partition coefficient (Wildman–Crippen LogP) is 2.59. The molecular formula is C29H34F2N4O3. The molecule has 3 aliphatic rings. The van der Waals surface area contributed by atoms with Crippen molar-refractivity contribution in [3.8, 4) is 0 Å². The minimum Gasteiger partial charge on any atom is -0.342 e. The standard InChI is InChI=1S/C29H34F2N4O3/c1-17(2)13-24-27(36)33-25(20-14-18-5-3-4-6-19(18)15-20)28(37)35(24)26(22-8-7-21(30)16-23(22)31)29(38)34-11-9-32-10-12-34/h3-8,16-17,20,24-26,32H,9-15H2,1-2H3,(H,33,36). The Labute approximate surface area is 221 Å². The highest BCUT2D eigenvalue weighted by atomic mass is 19.1. The first-order valence-electron chi connectivity index (χ1n) is 13.4. The van der Waals surface area contributed by atoms with Crippen molar-refractivity contribution in [1.29, 1.82) is 0 Å². The molecule has 2 N–H and O–H groups in total. The Morgan fingerprint density at radius 2 is 1.68 bits per heavy atom. The molecule has 5 rings (SSSR count). The molecule has 0 saturated carbocycles. The number of halogens is 2. The van der Waals surface area contributed by atoms with E-state index in [1.165, 1.54) is 11.0 Å². The van der Waals surface area contributed by atoms with Gasteiger partial charge in [-0.2, -0.15) is 0 Å². The van der Waals surface area contributed by atoms with Crippen molar-refractivity contribution in [1.82, 2.24) is 20.4 Å². The number of hydrogen-bond acceptors (Lipinski definition) is 4. The second kappa shape index (κ2) is 10.8. The van der Waals surface area contributed by atoms with Crippen molar-refractivity contribution in [2.75, 3.05) is 26.2 Å². The van der Waals surface area contributed by atoms with Gasteiger partial charge in [0.25, 0.3) is 0 Å². The zero-order chi connectivity index (χ0) is 27.0. The molecule has 0 radical (unpaired) electrons. The maximum atomic E-state index is 15.3. The van der Waals surface area contributed by atoms with Gasteiger partial charge >= 0.3 is 0 Å². The van der Waals surface area contributed by atoms with E-state index in [9.17, 15) is 18.8 Å². The van der Waals surface area contributed by atoms with Crippen LogP contribution in [-0.4, -0.2) is 65.8 Å². The van der Waals surface area contributed by atoms with Gasteiger partial charge in [0.2, 0.25) is 17.7 Å². The molecule has 3 unspecified atom stereocenters. The quantitative estimate of drug-likeness (QED) is 0.609. The van der Waals surface area contributed by atoms with E-state index in [1.807, 2.05) is 38.1 Å². The Morgan fingerprint density at radius 3 is 2.29 bits per heavy atom. The summed E-state index contributed by atoms with van der Waals surface area (Å²) in [5, 5.41) is 6.15. The Kier molecular flexibility index (Phi) is 7.47. The fraction of sp³-hybridized carbons (Fsp3) is 0.483. The molecule has 2 saturated heterocycles. The first-order valence-corrected chi connectivity index (χ1v) is 13.4. The minimum atomic E-state index is -1.37. The van der Waals surface area contributed by atoms with Crippen LogP contribution in [-0.2, 0) is 27.2 Å². The molecule has 2 heterocycles. The summed E-state index contributed by atoms with van der Waals surface area (Å²) in [7, 11) is 0. The summed E-state index contributed by atoms with van der Waals surface area (Å²) in [5.74, 6) is -3.04. The van der Waals surface area contributed by atoms with E-state index in [0.717, 1.165) is 23.3 Å². The molecule has 0 aromatic heterocycles. The van der Waals surface area contributed by atoms with Crippen LogP contribution in [0.5, 0.6) is 0 Å². The van der Waals surface area contributed by atoms with Crippen LogP contribution >= 0.6 is 0 Å². The highest BCUT2D eigenvalue weighted by Crippen LogP contribution is 2.36. The van der Waals surface area contributed by atoms with Gasteiger partial charge in [-0.1, -0.05) is 44.2 Å². The number of nitrogens with zero attached hydrogens (tertiary/aromatic N) is 2. The summed E-state index contributed by atoms with van der Waals surface area (Å²) in [6.45, 7) is 5.78. The van der Waals surface area contributed by atoms with Crippen molar-refractivity contribution >= 4 is 17.7 Å². The van der Waals surface area contributed by atoms with Crippen LogP contribution in [0.2, 0.25) is 0 Å². The summed E-state index contributed by atoms with van der Waals surface area (Å²) in [5.41, 5.74) is 2.17. The molecule has 9 heteroatoms. The zero-order valence-corrected chi connectivity index (χ0v) is 21.8. The van der Waals surface area contributed by atoms with Crippen LogP contribution in [0, 0.1) is 23.5 Å². The van der Waals surface area contributed by atoms with Crippen LogP contribution in [0.25, 0.3) is 0 Å². The van der Waals surface area contributed by atoms with E-state index in [0.29, 0.717) is 45.4 Å². The number of rotatable bonds is 6. The molecule has 0 spiro atoms.